The van der Waals surface area contributed by atoms with Crippen LogP contribution >= 0.6 is 0 Å². The number of carbonyl (C=O) groups is 2. The Bertz CT molecular complexity index is 509. The summed E-state index contributed by atoms with van der Waals surface area (Å²) >= 11 is 0. The van der Waals surface area contributed by atoms with E-state index in [4.69, 9.17) is 0 Å². The van der Waals surface area contributed by atoms with Gasteiger partial charge in [0.15, 0.2) is 0 Å². The average molecular weight is 275 g/mol. The first-order chi connectivity index (χ1) is 9.48. The Morgan fingerprint density at radius 1 is 1.30 bits per heavy atom. The Hall–Kier alpha value is -1.84. The van der Waals surface area contributed by atoms with Gasteiger partial charge < -0.3 is 10.0 Å². The smallest absolute Gasteiger partial charge is 0.311 e. The summed E-state index contributed by atoms with van der Waals surface area (Å²) in [6, 6.07) is 7.42. The van der Waals surface area contributed by atoms with Gasteiger partial charge in [-0.2, -0.15) is 0 Å². The van der Waals surface area contributed by atoms with Gasteiger partial charge in [0, 0.05) is 18.7 Å². The number of carbonyl (C=O) groups excluding carboxylic acids is 1. The van der Waals surface area contributed by atoms with Crippen molar-refractivity contribution < 1.29 is 14.7 Å². The molecule has 0 radical (unpaired) electrons. The van der Waals surface area contributed by atoms with Gasteiger partial charge in [-0.3, -0.25) is 9.59 Å². The molecule has 108 valence electrons. The molecular formula is C16H21NO3. The molecule has 0 aliphatic carbocycles. The van der Waals surface area contributed by atoms with Crippen LogP contribution in [0, 0.1) is 12.3 Å². The number of likely N-dealkylation sites (tertiary alicyclic amines) is 1. The van der Waals surface area contributed by atoms with E-state index >= 15 is 0 Å². The summed E-state index contributed by atoms with van der Waals surface area (Å²) in [6.45, 7) is 4.81. The number of benzene rings is 1. The van der Waals surface area contributed by atoms with Gasteiger partial charge in [-0.25, -0.2) is 0 Å². The van der Waals surface area contributed by atoms with E-state index in [1.165, 1.54) is 0 Å². The monoisotopic (exact) mass is 275 g/mol. The fraction of sp³-hybridized carbons (Fsp3) is 0.500. The molecule has 4 heteroatoms. The van der Waals surface area contributed by atoms with E-state index < -0.39 is 11.4 Å². The van der Waals surface area contributed by atoms with E-state index in [0.29, 0.717) is 31.5 Å². The lowest BCUT2D eigenvalue weighted by molar-refractivity contribution is -0.152. The lowest BCUT2D eigenvalue weighted by atomic mass is 9.77. The van der Waals surface area contributed by atoms with Gasteiger partial charge in [-0.1, -0.05) is 24.6 Å². The summed E-state index contributed by atoms with van der Waals surface area (Å²) < 4.78 is 0. The molecule has 1 atom stereocenters. The molecule has 1 heterocycles. The van der Waals surface area contributed by atoms with Crippen molar-refractivity contribution >= 4 is 11.9 Å². The fourth-order valence-corrected chi connectivity index (χ4v) is 2.80. The van der Waals surface area contributed by atoms with Crippen molar-refractivity contribution in [2.45, 2.75) is 33.1 Å². The highest BCUT2D eigenvalue weighted by molar-refractivity contribution is 5.94. The summed E-state index contributed by atoms with van der Waals surface area (Å²) in [4.78, 5) is 25.7. The SMILES string of the molecule is CCC1(C(=O)O)CCCN(C(=O)c2ccc(C)cc2)C1. The van der Waals surface area contributed by atoms with Crippen LogP contribution in [0.3, 0.4) is 0 Å². The molecule has 2 rings (SSSR count). The molecule has 1 unspecified atom stereocenters. The lowest BCUT2D eigenvalue weighted by Crippen LogP contribution is -2.49. The van der Waals surface area contributed by atoms with E-state index in [0.717, 1.165) is 12.0 Å². The van der Waals surface area contributed by atoms with Crippen molar-refractivity contribution in [3.05, 3.63) is 35.4 Å². The van der Waals surface area contributed by atoms with Crippen LogP contribution in [0.1, 0.15) is 42.1 Å². The van der Waals surface area contributed by atoms with Crippen LogP contribution in [0.5, 0.6) is 0 Å². The number of aryl methyl sites for hydroxylation is 1. The number of nitrogens with zero attached hydrogens (tertiary/aromatic N) is 1. The van der Waals surface area contributed by atoms with Crippen LogP contribution < -0.4 is 0 Å². The molecule has 20 heavy (non-hydrogen) atoms. The zero-order chi connectivity index (χ0) is 14.8. The second-order valence-corrected chi connectivity index (χ2v) is 5.64. The van der Waals surface area contributed by atoms with Crippen LogP contribution in [-0.2, 0) is 4.79 Å². The molecule has 0 bridgehead atoms. The Balaban J connectivity index is 2.18. The maximum Gasteiger partial charge on any atom is 0.311 e. The molecule has 4 nitrogen and oxygen atoms in total. The van der Waals surface area contributed by atoms with Gasteiger partial charge in [0.05, 0.1) is 5.41 Å². The first kappa shape index (κ1) is 14.6. The molecule has 1 saturated heterocycles. The number of piperidine rings is 1. The minimum Gasteiger partial charge on any atom is -0.481 e. The van der Waals surface area contributed by atoms with Gasteiger partial charge in [0.25, 0.3) is 5.91 Å². The van der Waals surface area contributed by atoms with Crippen molar-refractivity contribution in [1.29, 1.82) is 0 Å². The molecule has 1 N–H and O–H groups in total. The van der Waals surface area contributed by atoms with Crippen LogP contribution in [0.2, 0.25) is 0 Å². The first-order valence-corrected chi connectivity index (χ1v) is 7.08. The van der Waals surface area contributed by atoms with E-state index in [1.54, 1.807) is 17.0 Å². The number of aliphatic carboxylic acids is 1. The molecule has 0 saturated carbocycles. The Morgan fingerprint density at radius 3 is 2.50 bits per heavy atom. The second-order valence-electron chi connectivity index (χ2n) is 5.64. The summed E-state index contributed by atoms with van der Waals surface area (Å²) in [5.41, 5.74) is 0.958. The molecule has 1 fully saturated rings. The standard InChI is InChI=1S/C16H21NO3/c1-3-16(15(19)20)9-4-10-17(11-16)14(18)13-7-5-12(2)6-8-13/h5-8H,3-4,9-11H2,1-2H3,(H,19,20). The van der Waals surface area contributed by atoms with E-state index in [2.05, 4.69) is 0 Å². The Labute approximate surface area is 119 Å². The molecule has 1 amide bonds. The third-order valence-electron chi connectivity index (χ3n) is 4.29. The number of amides is 1. The van der Waals surface area contributed by atoms with Crippen molar-refractivity contribution in [2.24, 2.45) is 5.41 Å². The zero-order valence-electron chi connectivity index (χ0n) is 12.1. The topological polar surface area (TPSA) is 57.6 Å². The highest BCUT2D eigenvalue weighted by atomic mass is 16.4. The second kappa shape index (κ2) is 5.65. The molecule has 1 aliphatic heterocycles. The summed E-state index contributed by atoms with van der Waals surface area (Å²) in [7, 11) is 0. The summed E-state index contributed by atoms with van der Waals surface area (Å²) in [5.74, 6) is -0.856. The van der Waals surface area contributed by atoms with E-state index in [1.807, 2.05) is 26.0 Å². The molecule has 1 aromatic rings. The minimum absolute atomic E-state index is 0.0659. The number of hydrogen-bond donors (Lipinski definition) is 1. The Kier molecular flexibility index (Phi) is 4.12. The van der Waals surface area contributed by atoms with Crippen LogP contribution in [-0.4, -0.2) is 35.0 Å². The Morgan fingerprint density at radius 2 is 1.95 bits per heavy atom. The highest BCUT2D eigenvalue weighted by Crippen LogP contribution is 2.34. The summed E-state index contributed by atoms with van der Waals surface area (Å²) in [6.07, 6.45) is 1.95. The lowest BCUT2D eigenvalue weighted by Gasteiger charge is -2.39. The zero-order valence-corrected chi connectivity index (χ0v) is 12.1. The van der Waals surface area contributed by atoms with Gasteiger partial charge in [-0.15, -0.1) is 0 Å². The van der Waals surface area contributed by atoms with E-state index in [-0.39, 0.29) is 5.91 Å². The molecule has 0 aromatic heterocycles. The maximum absolute atomic E-state index is 12.5. The summed E-state index contributed by atoms with van der Waals surface area (Å²) in [5, 5.41) is 9.46. The molecular weight excluding hydrogens is 254 g/mol. The normalized spacial score (nSPS) is 22.6. The molecule has 1 aromatic carbocycles. The number of rotatable bonds is 3. The minimum atomic E-state index is -0.790. The van der Waals surface area contributed by atoms with Crippen LogP contribution in [0.15, 0.2) is 24.3 Å². The molecule has 1 aliphatic rings. The first-order valence-electron chi connectivity index (χ1n) is 7.08. The predicted octanol–water partition coefficient (Wildman–Crippen LogP) is 2.71. The van der Waals surface area contributed by atoms with Crippen molar-refractivity contribution in [1.82, 2.24) is 4.90 Å². The van der Waals surface area contributed by atoms with Crippen LogP contribution in [0.25, 0.3) is 0 Å². The molecule has 0 spiro atoms. The van der Waals surface area contributed by atoms with Gasteiger partial charge in [0.2, 0.25) is 0 Å². The quantitative estimate of drug-likeness (QED) is 0.922. The van der Waals surface area contributed by atoms with Crippen molar-refractivity contribution in [3.8, 4) is 0 Å². The third kappa shape index (κ3) is 2.69. The average Bonchev–Trinajstić information content (AvgIpc) is 2.47. The highest BCUT2D eigenvalue weighted by Gasteiger charge is 2.42. The fourth-order valence-electron chi connectivity index (χ4n) is 2.80. The van der Waals surface area contributed by atoms with Crippen molar-refractivity contribution in [2.75, 3.05) is 13.1 Å². The predicted molar refractivity (Wildman–Crippen MR) is 76.7 cm³/mol. The van der Waals surface area contributed by atoms with Gasteiger partial charge in [0.1, 0.15) is 0 Å². The maximum atomic E-state index is 12.5. The van der Waals surface area contributed by atoms with E-state index in [9.17, 15) is 14.7 Å². The largest absolute Gasteiger partial charge is 0.481 e. The third-order valence-corrected chi connectivity index (χ3v) is 4.29. The van der Waals surface area contributed by atoms with Gasteiger partial charge >= 0.3 is 5.97 Å². The number of hydrogen-bond acceptors (Lipinski definition) is 2. The number of carboxylic acids is 1. The van der Waals surface area contributed by atoms with Crippen LogP contribution in [0.4, 0.5) is 0 Å². The van der Waals surface area contributed by atoms with Gasteiger partial charge in [-0.05, 0) is 38.3 Å². The number of carboxylic acid groups (broad SMARTS) is 1. The van der Waals surface area contributed by atoms with Crippen molar-refractivity contribution in [3.63, 3.8) is 0 Å².